The Kier molecular flexibility index (Phi) is 7.35. The van der Waals surface area contributed by atoms with Gasteiger partial charge in [-0.2, -0.15) is 18.3 Å². The Morgan fingerprint density at radius 2 is 1.77 bits per heavy atom. The first-order valence-electron chi connectivity index (χ1n) is 12.7. The number of amides is 1. The lowest BCUT2D eigenvalue weighted by atomic mass is 9.96. The van der Waals surface area contributed by atoms with Crippen LogP contribution in [0, 0.1) is 5.82 Å². The lowest BCUT2D eigenvalue weighted by molar-refractivity contribution is -0.141. The second kappa shape index (κ2) is 10.7. The molecule has 5 rings (SSSR count). The molecule has 0 aliphatic heterocycles. The van der Waals surface area contributed by atoms with E-state index in [2.05, 4.69) is 15.3 Å². The maximum atomic E-state index is 15.0. The van der Waals surface area contributed by atoms with Crippen LogP contribution in [0.3, 0.4) is 0 Å². The van der Waals surface area contributed by atoms with Gasteiger partial charge < -0.3 is 16.8 Å². The van der Waals surface area contributed by atoms with Crippen LogP contribution >= 0.6 is 0 Å². The number of benzene rings is 3. The van der Waals surface area contributed by atoms with Gasteiger partial charge in [-0.1, -0.05) is 30.3 Å². The lowest BCUT2D eigenvalue weighted by Gasteiger charge is -2.29. The van der Waals surface area contributed by atoms with Gasteiger partial charge in [0.25, 0.3) is 5.91 Å². The number of nitrogens with one attached hydrogen (secondary N) is 1. The van der Waals surface area contributed by atoms with Crippen LogP contribution in [0.5, 0.6) is 0 Å². The van der Waals surface area contributed by atoms with Crippen LogP contribution in [0.15, 0.2) is 72.8 Å². The number of carbonyl (C=O) groups is 1. The molecular weight excluding hydrogens is 524 g/mol. The maximum Gasteiger partial charge on any atom is 0.435 e. The second-order valence-electron chi connectivity index (χ2n) is 9.86. The molecule has 7 nitrogen and oxygen atoms in total. The molecular formula is C29H28F4N6O. The third kappa shape index (κ3) is 5.70. The standard InChI is InChI=1S/C29H28F4N6O/c1-38(21-10-11-21)27(18-5-8-20(35)9-6-18)19-7-12-23(30)24(14-19)36-28(40)25-15-26(29(31,32)33)37-39(25)22-4-2-3-17(13-22)16-34/h2-9,12-15,21,27H,10-11,16,34-35H2,1H3,(H,36,40). The summed E-state index contributed by atoms with van der Waals surface area (Å²) in [6.07, 6.45) is -2.73. The van der Waals surface area contributed by atoms with Crippen molar-refractivity contribution in [3.8, 4) is 5.69 Å². The highest BCUT2D eigenvalue weighted by molar-refractivity contribution is 6.03. The lowest BCUT2D eigenvalue weighted by Crippen LogP contribution is -2.28. The maximum absolute atomic E-state index is 15.0. The van der Waals surface area contributed by atoms with E-state index in [-0.39, 0.29) is 24.0 Å². The molecule has 1 atom stereocenters. The van der Waals surface area contributed by atoms with Crippen molar-refractivity contribution in [2.24, 2.45) is 5.73 Å². The summed E-state index contributed by atoms with van der Waals surface area (Å²) < 4.78 is 56.6. The van der Waals surface area contributed by atoms with Gasteiger partial charge in [0.2, 0.25) is 0 Å². The van der Waals surface area contributed by atoms with E-state index >= 15 is 0 Å². The first kappa shape index (κ1) is 27.4. The first-order valence-corrected chi connectivity index (χ1v) is 12.7. The second-order valence-corrected chi connectivity index (χ2v) is 9.86. The van der Waals surface area contributed by atoms with Gasteiger partial charge in [0.05, 0.1) is 17.4 Å². The molecule has 208 valence electrons. The third-order valence-corrected chi connectivity index (χ3v) is 6.96. The van der Waals surface area contributed by atoms with E-state index in [0.29, 0.717) is 28.9 Å². The molecule has 1 aliphatic carbocycles. The summed E-state index contributed by atoms with van der Waals surface area (Å²) >= 11 is 0. The van der Waals surface area contributed by atoms with E-state index in [1.807, 2.05) is 19.2 Å². The molecule has 3 aromatic carbocycles. The van der Waals surface area contributed by atoms with E-state index < -0.39 is 29.3 Å². The minimum Gasteiger partial charge on any atom is -0.399 e. The Morgan fingerprint density at radius 3 is 2.42 bits per heavy atom. The monoisotopic (exact) mass is 552 g/mol. The number of nitrogens with two attached hydrogens (primary N) is 2. The van der Waals surface area contributed by atoms with Gasteiger partial charge in [-0.3, -0.25) is 9.69 Å². The number of rotatable bonds is 8. The summed E-state index contributed by atoms with van der Waals surface area (Å²) in [5.41, 5.74) is 12.8. The number of nitrogen functional groups attached to an aromatic ring is 1. The van der Waals surface area contributed by atoms with Gasteiger partial charge in [-0.05, 0) is 73.0 Å². The fraction of sp³-hybridized carbons (Fsp3) is 0.241. The van der Waals surface area contributed by atoms with Crippen molar-refractivity contribution in [1.82, 2.24) is 14.7 Å². The van der Waals surface area contributed by atoms with Gasteiger partial charge in [-0.15, -0.1) is 0 Å². The number of halogens is 4. The van der Waals surface area contributed by atoms with Gasteiger partial charge >= 0.3 is 6.18 Å². The highest BCUT2D eigenvalue weighted by atomic mass is 19.4. The van der Waals surface area contributed by atoms with Crippen LogP contribution in [0.1, 0.15) is 51.8 Å². The molecule has 0 spiro atoms. The van der Waals surface area contributed by atoms with Crippen molar-refractivity contribution in [2.45, 2.75) is 37.6 Å². The molecule has 1 aliphatic rings. The van der Waals surface area contributed by atoms with Crippen LogP contribution in [-0.2, 0) is 12.7 Å². The predicted octanol–water partition coefficient (Wildman–Crippen LogP) is 5.51. The zero-order chi connectivity index (χ0) is 28.6. The Hall–Kier alpha value is -4.22. The minimum absolute atomic E-state index is 0.144. The van der Waals surface area contributed by atoms with Crippen LogP contribution in [0.2, 0.25) is 0 Å². The highest BCUT2D eigenvalue weighted by Crippen LogP contribution is 2.38. The van der Waals surface area contributed by atoms with Crippen molar-refractivity contribution < 1.29 is 22.4 Å². The number of alkyl halides is 3. The molecule has 4 aromatic rings. The summed E-state index contributed by atoms with van der Waals surface area (Å²) in [5.74, 6) is -1.67. The fourth-order valence-corrected chi connectivity index (χ4v) is 4.72. The van der Waals surface area contributed by atoms with Crippen LogP contribution in [-0.4, -0.2) is 33.7 Å². The quantitative estimate of drug-likeness (QED) is 0.198. The SMILES string of the molecule is CN(C1CC1)C(c1ccc(N)cc1)c1ccc(F)c(NC(=O)c2cc(C(F)(F)F)nn2-c2cccc(CN)c2)c1. The van der Waals surface area contributed by atoms with E-state index in [1.165, 1.54) is 24.3 Å². The average molecular weight is 553 g/mol. The first-order chi connectivity index (χ1) is 19.0. The van der Waals surface area contributed by atoms with Crippen molar-refractivity contribution in [1.29, 1.82) is 0 Å². The van der Waals surface area contributed by atoms with Crippen LogP contribution in [0.25, 0.3) is 5.69 Å². The number of carbonyl (C=O) groups excluding carboxylic acids is 1. The molecule has 0 saturated heterocycles. The van der Waals surface area contributed by atoms with Gasteiger partial charge in [-0.25, -0.2) is 9.07 Å². The normalized spacial score (nSPS) is 14.4. The summed E-state index contributed by atoms with van der Waals surface area (Å²) in [7, 11) is 1.98. The number of hydrogen-bond acceptors (Lipinski definition) is 5. The van der Waals surface area contributed by atoms with E-state index in [4.69, 9.17) is 11.5 Å². The van der Waals surface area contributed by atoms with E-state index in [9.17, 15) is 22.4 Å². The zero-order valence-electron chi connectivity index (χ0n) is 21.6. The van der Waals surface area contributed by atoms with Crippen LogP contribution in [0.4, 0.5) is 28.9 Å². The molecule has 1 saturated carbocycles. The minimum atomic E-state index is -4.80. The molecule has 5 N–H and O–H groups in total. The molecule has 11 heteroatoms. The Morgan fingerprint density at radius 1 is 1.07 bits per heavy atom. The van der Waals surface area contributed by atoms with Crippen LogP contribution < -0.4 is 16.8 Å². The van der Waals surface area contributed by atoms with Crippen molar-refractivity contribution in [2.75, 3.05) is 18.1 Å². The van der Waals surface area contributed by atoms with Crippen molar-refractivity contribution in [3.63, 3.8) is 0 Å². The molecule has 40 heavy (non-hydrogen) atoms. The van der Waals surface area contributed by atoms with E-state index in [1.54, 1.807) is 30.3 Å². The highest BCUT2D eigenvalue weighted by Gasteiger charge is 2.37. The summed E-state index contributed by atoms with van der Waals surface area (Å²) in [6.45, 7) is 0.144. The Bertz CT molecular complexity index is 1530. The number of hydrogen-bond donors (Lipinski definition) is 3. The Labute approximate surface area is 228 Å². The number of aromatic nitrogens is 2. The number of anilines is 2. The molecule has 1 aromatic heterocycles. The largest absolute Gasteiger partial charge is 0.435 e. The molecule has 1 amide bonds. The van der Waals surface area contributed by atoms with Gasteiger partial charge in [0.15, 0.2) is 5.69 Å². The number of nitrogens with zero attached hydrogens (tertiary/aromatic N) is 3. The molecule has 1 unspecified atom stereocenters. The molecule has 1 fully saturated rings. The van der Waals surface area contributed by atoms with Crippen molar-refractivity contribution in [3.05, 3.63) is 107 Å². The van der Waals surface area contributed by atoms with Gasteiger partial charge in [0, 0.05) is 24.3 Å². The fourth-order valence-electron chi connectivity index (χ4n) is 4.72. The van der Waals surface area contributed by atoms with E-state index in [0.717, 1.165) is 23.1 Å². The summed E-state index contributed by atoms with van der Waals surface area (Å²) in [4.78, 5) is 15.5. The summed E-state index contributed by atoms with van der Waals surface area (Å²) in [6, 6.07) is 18.8. The van der Waals surface area contributed by atoms with Crippen molar-refractivity contribution >= 4 is 17.3 Å². The third-order valence-electron chi connectivity index (χ3n) is 6.96. The van der Waals surface area contributed by atoms with Gasteiger partial charge in [0.1, 0.15) is 11.5 Å². The topological polar surface area (TPSA) is 102 Å². The molecule has 0 radical (unpaired) electrons. The zero-order valence-corrected chi connectivity index (χ0v) is 21.6. The molecule has 1 heterocycles. The summed E-state index contributed by atoms with van der Waals surface area (Å²) in [5, 5.41) is 6.10. The smallest absolute Gasteiger partial charge is 0.399 e. The Balaban J connectivity index is 1.51. The average Bonchev–Trinajstić information content (AvgIpc) is 3.68. The molecule has 0 bridgehead atoms. The predicted molar refractivity (Wildman–Crippen MR) is 144 cm³/mol.